The first-order valence-electron chi connectivity index (χ1n) is 5.70. The summed E-state index contributed by atoms with van der Waals surface area (Å²) in [6, 6.07) is 5.29. The summed E-state index contributed by atoms with van der Waals surface area (Å²) in [6.45, 7) is 0. The van der Waals surface area contributed by atoms with Crippen molar-refractivity contribution < 1.29 is 27.2 Å². The van der Waals surface area contributed by atoms with Gasteiger partial charge in [0.1, 0.15) is 11.5 Å². The predicted octanol–water partition coefficient (Wildman–Crippen LogP) is 2.04. The Labute approximate surface area is 120 Å². The van der Waals surface area contributed by atoms with Gasteiger partial charge in [0.15, 0.2) is 11.5 Å². The van der Waals surface area contributed by atoms with Crippen LogP contribution in [-0.2, 0) is 11.0 Å². The molecule has 2 rings (SSSR count). The van der Waals surface area contributed by atoms with E-state index in [1.54, 1.807) is 5.10 Å². The van der Waals surface area contributed by atoms with Gasteiger partial charge in [-0.25, -0.2) is 9.18 Å². The van der Waals surface area contributed by atoms with Crippen molar-refractivity contribution in [3.63, 3.8) is 0 Å². The predicted molar refractivity (Wildman–Crippen MR) is 66.1 cm³/mol. The van der Waals surface area contributed by atoms with E-state index in [1.807, 2.05) is 0 Å². The van der Waals surface area contributed by atoms with Crippen molar-refractivity contribution in [2.45, 2.75) is 6.18 Å². The van der Waals surface area contributed by atoms with Crippen LogP contribution < -0.4 is 5.73 Å². The molecule has 0 radical (unpaired) electrons. The number of carbonyl (C=O) groups is 1. The summed E-state index contributed by atoms with van der Waals surface area (Å²) in [5, 5.41) is 8.08. The summed E-state index contributed by atoms with van der Waals surface area (Å²) in [5.41, 5.74) is 3.95. The van der Waals surface area contributed by atoms with E-state index < -0.39 is 29.4 Å². The molecule has 0 unspecified atom stereocenters. The lowest BCUT2D eigenvalue weighted by atomic mass is 10.2. The van der Waals surface area contributed by atoms with E-state index in [1.165, 1.54) is 12.1 Å². The van der Waals surface area contributed by atoms with Crippen LogP contribution in [0, 0.1) is 5.82 Å². The summed E-state index contributed by atoms with van der Waals surface area (Å²) in [5.74, 6) is -1.97. The highest BCUT2D eigenvalue weighted by Gasteiger charge is 2.34. The molecule has 116 valence electrons. The summed E-state index contributed by atoms with van der Waals surface area (Å²) in [4.78, 5) is 15.9. The van der Waals surface area contributed by atoms with Gasteiger partial charge in [0.2, 0.25) is 0 Å². The molecule has 0 aliphatic heterocycles. The minimum atomic E-state index is -4.66. The van der Waals surface area contributed by atoms with E-state index in [0.29, 0.717) is 6.07 Å². The zero-order valence-corrected chi connectivity index (χ0v) is 10.7. The Morgan fingerprint density at radius 1 is 1.27 bits per heavy atom. The summed E-state index contributed by atoms with van der Waals surface area (Å²) in [7, 11) is 0. The van der Waals surface area contributed by atoms with E-state index in [0.717, 1.165) is 12.1 Å². The van der Waals surface area contributed by atoms with Crippen LogP contribution >= 0.6 is 0 Å². The Balaban J connectivity index is 2.07. The lowest BCUT2D eigenvalue weighted by Gasteiger charge is -2.00. The molecule has 0 spiro atoms. The second-order valence-electron chi connectivity index (χ2n) is 4.03. The molecular formula is C12H8F4N4O2. The van der Waals surface area contributed by atoms with Crippen molar-refractivity contribution in [3.05, 3.63) is 53.1 Å². The standard InChI is InChI=1S/C12H8F4N4O2/c13-7-3-1-6(2-4-7)10(17)20-22-11(21)8-5-9(19-18-8)12(14,15)16/h1-5H,(H2,17,20)(H,18,19). The zero-order chi connectivity index (χ0) is 16.3. The molecule has 1 aromatic heterocycles. The number of hydrogen-bond acceptors (Lipinski definition) is 4. The fraction of sp³-hybridized carbons (Fsp3) is 0.0833. The normalized spacial score (nSPS) is 12.3. The van der Waals surface area contributed by atoms with Crippen molar-refractivity contribution in [1.82, 2.24) is 10.2 Å². The van der Waals surface area contributed by atoms with Crippen LogP contribution in [0.5, 0.6) is 0 Å². The van der Waals surface area contributed by atoms with Gasteiger partial charge in [0, 0.05) is 11.6 Å². The molecular weight excluding hydrogens is 308 g/mol. The number of nitrogens with one attached hydrogen (secondary N) is 1. The van der Waals surface area contributed by atoms with Crippen LogP contribution in [0.4, 0.5) is 17.6 Å². The molecule has 0 saturated carbocycles. The highest BCUT2D eigenvalue weighted by atomic mass is 19.4. The molecule has 22 heavy (non-hydrogen) atoms. The molecule has 6 nitrogen and oxygen atoms in total. The molecule has 1 aromatic carbocycles. The Kier molecular flexibility index (Phi) is 4.11. The smallest absolute Gasteiger partial charge is 0.380 e. The molecule has 0 fully saturated rings. The number of rotatable bonds is 3. The molecule has 1 heterocycles. The Morgan fingerprint density at radius 3 is 2.45 bits per heavy atom. The van der Waals surface area contributed by atoms with Crippen LogP contribution in [0.15, 0.2) is 35.5 Å². The maximum atomic E-state index is 12.7. The van der Waals surface area contributed by atoms with Gasteiger partial charge >= 0.3 is 12.1 Å². The minimum Gasteiger partial charge on any atom is -0.380 e. The van der Waals surface area contributed by atoms with Gasteiger partial charge in [-0.1, -0.05) is 5.16 Å². The molecule has 0 aliphatic rings. The second kappa shape index (κ2) is 5.84. The van der Waals surface area contributed by atoms with Crippen molar-refractivity contribution in [2.24, 2.45) is 10.9 Å². The van der Waals surface area contributed by atoms with Crippen LogP contribution in [0.1, 0.15) is 21.7 Å². The SMILES string of the molecule is N/C(=N\OC(=O)c1cc(C(F)(F)F)[nH]n1)c1ccc(F)cc1. The van der Waals surface area contributed by atoms with Gasteiger partial charge in [-0.3, -0.25) is 5.10 Å². The highest BCUT2D eigenvalue weighted by molar-refractivity contribution is 5.97. The van der Waals surface area contributed by atoms with Crippen LogP contribution in [0.25, 0.3) is 0 Å². The van der Waals surface area contributed by atoms with Gasteiger partial charge in [-0.15, -0.1) is 0 Å². The number of amidine groups is 1. The van der Waals surface area contributed by atoms with E-state index in [2.05, 4.69) is 15.1 Å². The number of H-pyrrole nitrogens is 1. The number of aromatic nitrogens is 2. The number of halogens is 4. The second-order valence-corrected chi connectivity index (χ2v) is 4.03. The Bertz CT molecular complexity index is 707. The largest absolute Gasteiger partial charge is 0.432 e. The molecule has 0 saturated heterocycles. The van der Waals surface area contributed by atoms with E-state index in [9.17, 15) is 22.4 Å². The first kappa shape index (κ1) is 15.5. The number of oxime groups is 1. The number of nitrogens with two attached hydrogens (primary N) is 1. The molecule has 0 atom stereocenters. The average Bonchev–Trinajstić information content (AvgIpc) is 2.95. The number of hydrogen-bond donors (Lipinski definition) is 2. The maximum absolute atomic E-state index is 12.7. The van der Waals surface area contributed by atoms with Gasteiger partial charge < -0.3 is 10.6 Å². The topological polar surface area (TPSA) is 93.4 Å². The fourth-order valence-electron chi connectivity index (χ4n) is 1.38. The van der Waals surface area contributed by atoms with Crippen molar-refractivity contribution in [3.8, 4) is 0 Å². The first-order chi connectivity index (χ1) is 10.3. The lowest BCUT2D eigenvalue weighted by molar-refractivity contribution is -0.141. The Morgan fingerprint density at radius 2 is 1.91 bits per heavy atom. The van der Waals surface area contributed by atoms with E-state index in [-0.39, 0.29) is 11.4 Å². The van der Waals surface area contributed by atoms with Crippen LogP contribution in [0.2, 0.25) is 0 Å². The van der Waals surface area contributed by atoms with Gasteiger partial charge in [0.05, 0.1) is 0 Å². The molecule has 0 amide bonds. The third-order valence-corrected chi connectivity index (χ3v) is 2.46. The molecule has 3 N–H and O–H groups in total. The van der Waals surface area contributed by atoms with Crippen LogP contribution in [-0.4, -0.2) is 22.0 Å². The monoisotopic (exact) mass is 316 g/mol. The Hall–Kier alpha value is -2.91. The lowest BCUT2D eigenvalue weighted by Crippen LogP contribution is -2.15. The summed E-state index contributed by atoms with van der Waals surface area (Å²) < 4.78 is 49.7. The molecule has 0 bridgehead atoms. The highest BCUT2D eigenvalue weighted by Crippen LogP contribution is 2.27. The number of aromatic amines is 1. The third-order valence-electron chi connectivity index (χ3n) is 2.46. The van der Waals surface area contributed by atoms with Crippen molar-refractivity contribution in [1.29, 1.82) is 0 Å². The summed E-state index contributed by atoms with van der Waals surface area (Å²) in [6.07, 6.45) is -4.66. The number of nitrogens with zero attached hydrogens (tertiary/aromatic N) is 2. The minimum absolute atomic E-state index is 0.250. The number of carbonyl (C=O) groups excluding carboxylic acids is 1. The van der Waals surface area contributed by atoms with Gasteiger partial charge in [0.25, 0.3) is 0 Å². The van der Waals surface area contributed by atoms with E-state index >= 15 is 0 Å². The fourth-order valence-corrected chi connectivity index (χ4v) is 1.38. The molecule has 10 heteroatoms. The zero-order valence-electron chi connectivity index (χ0n) is 10.7. The average molecular weight is 316 g/mol. The summed E-state index contributed by atoms with van der Waals surface area (Å²) >= 11 is 0. The first-order valence-corrected chi connectivity index (χ1v) is 5.70. The number of alkyl halides is 3. The molecule has 0 aliphatic carbocycles. The van der Waals surface area contributed by atoms with Crippen molar-refractivity contribution >= 4 is 11.8 Å². The molecule has 2 aromatic rings. The van der Waals surface area contributed by atoms with Gasteiger partial charge in [-0.2, -0.15) is 18.3 Å². The number of benzene rings is 1. The van der Waals surface area contributed by atoms with Crippen molar-refractivity contribution in [2.75, 3.05) is 0 Å². The third kappa shape index (κ3) is 3.59. The van der Waals surface area contributed by atoms with Gasteiger partial charge in [-0.05, 0) is 24.3 Å². The quantitative estimate of drug-likeness (QED) is 0.298. The van der Waals surface area contributed by atoms with E-state index in [4.69, 9.17) is 5.73 Å². The van der Waals surface area contributed by atoms with Crippen LogP contribution in [0.3, 0.4) is 0 Å². The maximum Gasteiger partial charge on any atom is 0.432 e.